The SMILES string of the molecule is O=C1NCCN(S(=O)(=O)c2ccccc2)C1Cc1nc(-c2ccncc2)no1. The van der Waals surface area contributed by atoms with Gasteiger partial charge in [0.2, 0.25) is 27.6 Å². The van der Waals surface area contributed by atoms with Crippen LogP contribution in [0.5, 0.6) is 0 Å². The molecule has 1 atom stereocenters. The summed E-state index contributed by atoms with van der Waals surface area (Å²) in [5, 5.41) is 6.61. The maximum atomic E-state index is 13.0. The molecule has 4 rings (SSSR count). The molecule has 0 aliphatic carbocycles. The Hall–Kier alpha value is -3.11. The number of hydrogen-bond donors (Lipinski definition) is 1. The predicted octanol–water partition coefficient (Wildman–Crippen LogP) is 0.863. The van der Waals surface area contributed by atoms with E-state index in [1.54, 1.807) is 42.7 Å². The number of benzene rings is 1. The average molecular weight is 399 g/mol. The first-order chi connectivity index (χ1) is 13.6. The molecule has 144 valence electrons. The van der Waals surface area contributed by atoms with Gasteiger partial charge in [-0.15, -0.1) is 0 Å². The van der Waals surface area contributed by atoms with Crippen molar-refractivity contribution in [3.05, 3.63) is 60.7 Å². The first-order valence-corrected chi connectivity index (χ1v) is 10.1. The van der Waals surface area contributed by atoms with Gasteiger partial charge >= 0.3 is 0 Å². The number of aromatic nitrogens is 3. The fourth-order valence-corrected chi connectivity index (χ4v) is 4.63. The molecule has 0 bridgehead atoms. The Bertz CT molecular complexity index is 1070. The highest BCUT2D eigenvalue weighted by molar-refractivity contribution is 7.89. The number of piperazine rings is 1. The Kier molecular flexibility index (Phi) is 4.88. The molecule has 0 saturated carbocycles. The maximum Gasteiger partial charge on any atom is 0.243 e. The van der Waals surface area contributed by atoms with Crippen LogP contribution in [0.1, 0.15) is 5.89 Å². The van der Waals surface area contributed by atoms with E-state index in [1.165, 1.54) is 16.4 Å². The molecule has 3 aromatic rings. The summed E-state index contributed by atoms with van der Waals surface area (Å²) in [5.74, 6) is 0.141. The van der Waals surface area contributed by atoms with E-state index in [1.807, 2.05) is 0 Å². The van der Waals surface area contributed by atoms with Gasteiger partial charge in [-0.05, 0) is 24.3 Å². The van der Waals surface area contributed by atoms with Crippen molar-refractivity contribution in [3.8, 4) is 11.4 Å². The lowest BCUT2D eigenvalue weighted by atomic mass is 10.1. The molecular weight excluding hydrogens is 382 g/mol. The van der Waals surface area contributed by atoms with Crippen LogP contribution in [-0.2, 0) is 21.2 Å². The van der Waals surface area contributed by atoms with Crippen LogP contribution in [0.2, 0.25) is 0 Å². The van der Waals surface area contributed by atoms with Crippen molar-refractivity contribution in [1.29, 1.82) is 0 Å². The van der Waals surface area contributed by atoms with Crippen LogP contribution < -0.4 is 5.32 Å². The monoisotopic (exact) mass is 399 g/mol. The van der Waals surface area contributed by atoms with Gasteiger partial charge in [0.25, 0.3) is 0 Å². The largest absolute Gasteiger partial charge is 0.353 e. The van der Waals surface area contributed by atoms with E-state index in [0.717, 1.165) is 0 Å². The highest BCUT2D eigenvalue weighted by Crippen LogP contribution is 2.22. The Morgan fingerprint density at radius 1 is 1.14 bits per heavy atom. The standard InChI is InChI=1S/C18H17N5O4S/c24-18-15(12-16-21-17(22-27-16)13-6-8-19-9-7-13)23(11-10-20-18)28(25,26)14-4-2-1-3-5-14/h1-9,15H,10-12H2,(H,20,24). The Balaban J connectivity index is 1.61. The van der Waals surface area contributed by atoms with E-state index in [-0.39, 0.29) is 30.3 Å². The van der Waals surface area contributed by atoms with E-state index in [0.29, 0.717) is 11.4 Å². The number of nitrogens with one attached hydrogen (secondary N) is 1. The molecule has 1 aromatic carbocycles. The second kappa shape index (κ2) is 7.49. The Morgan fingerprint density at radius 3 is 2.64 bits per heavy atom. The number of hydrogen-bond acceptors (Lipinski definition) is 7. The summed E-state index contributed by atoms with van der Waals surface area (Å²) in [4.78, 5) is 20.8. The lowest BCUT2D eigenvalue weighted by Gasteiger charge is -2.33. The molecule has 9 nitrogen and oxygen atoms in total. The van der Waals surface area contributed by atoms with Crippen LogP contribution in [0.25, 0.3) is 11.4 Å². The average Bonchev–Trinajstić information content (AvgIpc) is 3.19. The number of sulfonamides is 1. The second-order valence-corrected chi connectivity index (χ2v) is 8.08. The van der Waals surface area contributed by atoms with Crippen molar-refractivity contribution in [3.63, 3.8) is 0 Å². The third-order valence-electron chi connectivity index (χ3n) is 4.41. The predicted molar refractivity (Wildman–Crippen MR) is 98.4 cm³/mol. The minimum absolute atomic E-state index is 0.0179. The van der Waals surface area contributed by atoms with Gasteiger partial charge in [0.1, 0.15) is 6.04 Å². The quantitative estimate of drug-likeness (QED) is 0.676. The Labute approximate surface area is 161 Å². The molecule has 1 N–H and O–H groups in total. The lowest BCUT2D eigenvalue weighted by molar-refractivity contribution is -0.126. The zero-order valence-corrected chi connectivity index (χ0v) is 15.5. The summed E-state index contributed by atoms with van der Waals surface area (Å²) in [6.45, 7) is 0.409. The Morgan fingerprint density at radius 2 is 1.89 bits per heavy atom. The summed E-state index contributed by atoms with van der Waals surface area (Å²) in [5.41, 5.74) is 0.715. The molecule has 0 spiro atoms. The third kappa shape index (κ3) is 3.51. The first kappa shape index (κ1) is 18.3. The molecule has 1 fully saturated rings. The highest BCUT2D eigenvalue weighted by atomic mass is 32.2. The number of pyridine rings is 1. The van der Waals surface area contributed by atoms with Gasteiger partial charge in [-0.25, -0.2) is 8.42 Å². The number of rotatable bonds is 5. The van der Waals surface area contributed by atoms with Gasteiger partial charge in [0.05, 0.1) is 11.3 Å². The zero-order valence-electron chi connectivity index (χ0n) is 14.7. The van der Waals surface area contributed by atoms with Crippen molar-refractivity contribution < 1.29 is 17.7 Å². The molecule has 2 aromatic heterocycles. The normalized spacial score (nSPS) is 18.0. The van der Waals surface area contributed by atoms with E-state index in [9.17, 15) is 13.2 Å². The van der Waals surface area contributed by atoms with Crippen LogP contribution in [0.3, 0.4) is 0 Å². The second-order valence-electron chi connectivity index (χ2n) is 6.19. The first-order valence-electron chi connectivity index (χ1n) is 8.63. The van der Waals surface area contributed by atoms with Crippen molar-refractivity contribution in [2.24, 2.45) is 0 Å². The van der Waals surface area contributed by atoms with Crippen molar-refractivity contribution in [1.82, 2.24) is 24.7 Å². The zero-order chi connectivity index (χ0) is 19.6. The van der Waals surface area contributed by atoms with Crippen LogP contribution in [-0.4, -0.2) is 52.9 Å². The van der Waals surface area contributed by atoms with Crippen molar-refractivity contribution in [2.75, 3.05) is 13.1 Å². The van der Waals surface area contributed by atoms with Gasteiger partial charge in [-0.2, -0.15) is 9.29 Å². The van der Waals surface area contributed by atoms with Gasteiger partial charge in [0, 0.05) is 31.0 Å². The van der Waals surface area contributed by atoms with Crippen LogP contribution in [0.4, 0.5) is 0 Å². The topological polar surface area (TPSA) is 118 Å². The molecular formula is C18H17N5O4S. The van der Waals surface area contributed by atoms with Gasteiger partial charge < -0.3 is 9.84 Å². The number of nitrogens with zero attached hydrogens (tertiary/aromatic N) is 4. The summed E-state index contributed by atoms with van der Waals surface area (Å²) in [6, 6.07) is 10.5. The number of carbonyl (C=O) groups is 1. The van der Waals surface area contributed by atoms with E-state index in [4.69, 9.17) is 4.52 Å². The van der Waals surface area contributed by atoms with Crippen molar-refractivity contribution >= 4 is 15.9 Å². The molecule has 1 aliphatic rings. The lowest BCUT2D eigenvalue weighted by Crippen LogP contribution is -2.57. The summed E-state index contributed by atoms with van der Waals surface area (Å²) in [7, 11) is -3.84. The number of carbonyl (C=O) groups excluding carboxylic acids is 1. The van der Waals surface area contributed by atoms with Crippen LogP contribution >= 0.6 is 0 Å². The van der Waals surface area contributed by atoms with Crippen LogP contribution in [0, 0.1) is 0 Å². The third-order valence-corrected chi connectivity index (χ3v) is 6.33. The molecule has 10 heteroatoms. The summed E-state index contributed by atoms with van der Waals surface area (Å²) in [6.07, 6.45) is 3.19. The number of amides is 1. The minimum Gasteiger partial charge on any atom is -0.353 e. The van der Waals surface area contributed by atoms with Gasteiger partial charge in [-0.1, -0.05) is 23.4 Å². The molecule has 1 aliphatic heterocycles. The van der Waals surface area contributed by atoms with Gasteiger partial charge in [0.15, 0.2) is 0 Å². The fraction of sp³-hybridized carbons (Fsp3) is 0.222. The summed E-state index contributed by atoms with van der Waals surface area (Å²) < 4.78 is 32.5. The fourth-order valence-electron chi connectivity index (χ4n) is 3.03. The van der Waals surface area contributed by atoms with E-state index < -0.39 is 22.0 Å². The van der Waals surface area contributed by atoms with E-state index in [2.05, 4.69) is 20.4 Å². The molecule has 1 saturated heterocycles. The van der Waals surface area contributed by atoms with Gasteiger partial charge in [-0.3, -0.25) is 9.78 Å². The highest BCUT2D eigenvalue weighted by Gasteiger charge is 2.39. The smallest absolute Gasteiger partial charge is 0.243 e. The molecule has 1 unspecified atom stereocenters. The molecule has 28 heavy (non-hydrogen) atoms. The van der Waals surface area contributed by atoms with Crippen molar-refractivity contribution in [2.45, 2.75) is 17.4 Å². The molecule has 3 heterocycles. The molecule has 1 amide bonds. The maximum absolute atomic E-state index is 13.0. The van der Waals surface area contributed by atoms with E-state index >= 15 is 0 Å². The summed E-state index contributed by atoms with van der Waals surface area (Å²) >= 11 is 0. The minimum atomic E-state index is -3.84. The van der Waals surface area contributed by atoms with Crippen LogP contribution in [0.15, 0.2) is 64.3 Å². The molecule has 0 radical (unpaired) electrons.